The van der Waals surface area contributed by atoms with Crippen LogP contribution in [0.4, 0.5) is 0 Å². The summed E-state index contributed by atoms with van der Waals surface area (Å²) in [6.07, 6.45) is 8.89. The average Bonchev–Trinajstić information content (AvgIpc) is 3.73. The molecule has 2 unspecified atom stereocenters. The number of likely N-dealkylation sites (tertiary alicyclic amines) is 2. The van der Waals surface area contributed by atoms with Crippen LogP contribution in [0.3, 0.4) is 0 Å². The van der Waals surface area contributed by atoms with Crippen LogP contribution >= 0.6 is 0 Å². The van der Waals surface area contributed by atoms with E-state index in [-0.39, 0.29) is 23.8 Å². The van der Waals surface area contributed by atoms with E-state index in [1.165, 1.54) is 18.4 Å². The lowest BCUT2D eigenvalue weighted by Crippen LogP contribution is -2.37. The zero-order chi connectivity index (χ0) is 28.3. The maximum atomic E-state index is 13.7. The third-order valence-electron chi connectivity index (χ3n) is 9.59. The van der Waals surface area contributed by atoms with E-state index in [4.69, 9.17) is 0 Å². The number of hydrogen-bond donors (Lipinski definition) is 1. The molecule has 3 aromatic rings. The molecule has 2 amide bonds. The van der Waals surface area contributed by atoms with E-state index < -0.39 is 0 Å². The molecule has 1 N–H and O–H groups in total. The van der Waals surface area contributed by atoms with Gasteiger partial charge in [0.25, 0.3) is 5.91 Å². The van der Waals surface area contributed by atoms with Gasteiger partial charge in [-0.25, -0.2) is 0 Å². The van der Waals surface area contributed by atoms with Crippen LogP contribution in [0.1, 0.15) is 65.2 Å². The number of aryl methyl sites for hydroxylation is 2. The average molecular weight is 551 g/mol. The van der Waals surface area contributed by atoms with E-state index in [0.29, 0.717) is 11.8 Å². The number of pyridine rings is 1. The second-order valence-electron chi connectivity index (χ2n) is 12.5. The number of carbonyl (C=O) groups is 2. The van der Waals surface area contributed by atoms with Gasteiger partial charge in [-0.1, -0.05) is 55.3 Å². The highest BCUT2D eigenvalue weighted by Gasteiger charge is 2.42. The summed E-state index contributed by atoms with van der Waals surface area (Å²) in [6, 6.07) is 18.7. The number of aromatic nitrogens is 1. The van der Waals surface area contributed by atoms with Crippen molar-refractivity contribution in [2.24, 2.45) is 17.8 Å². The Morgan fingerprint density at radius 1 is 0.878 bits per heavy atom. The predicted octanol–water partition coefficient (Wildman–Crippen LogP) is 5.81. The van der Waals surface area contributed by atoms with Crippen LogP contribution in [0, 0.1) is 31.6 Å². The predicted molar refractivity (Wildman–Crippen MR) is 162 cm³/mol. The number of amides is 2. The summed E-state index contributed by atoms with van der Waals surface area (Å²) < 4.78 is 0. The molecule has 214 valence electrons. The van der Waals surface area contributed by atoms with Crippen LogP contribution in [0.2, 0.25) is 0 Å². The molecule has 0 spiro atoms. The van der Waals surface area contributed by atoms with Gasteiger partial charge in [-0.3, -0.25) is 14.6 Å². The first-order valence-corrected chi connectivity index (χ1v) is 15.3. The Kier molecular flexibility index (Phi) is 8.20. The van der Waals surface area contributed by atoms with Gasteiger partial charge in [-0.15, -0.1) is 0 Å². The van der Waals surface area contributed by atoms with Crippen LogP contribution in [0.15, 0.2) is 67.0 Å². The van der Waals surface area contributed by atoms with Crippen molar-refractivity contribution >= 4 is 11.8 Å². The molecule has 1 saturated carbocycles. The molecule has 2 aromatic carbocycles. The number of nitrogens with zero attached hydrogens (tertiary/aromatic N) is 3. The Balaban J connectivity index is 1.06. The van der Waals surface area contributed by atoms with Gasteiger partial charge in [-0.05, 0) is 84.9 Å². The van der Waals surface area contributed by atoms with Crippen molar-refractivity contribution in [3.63, 3.8) is 0 Å². The van der Waals surface area contributed by atoms with Crippen LogP contribution in [-0.2, 0) is 4.79 Å². The van der Waals surface area contributed by atoms with Crippen molar-refractivity contribution in [3.8, 4) is 11.1 Å². The number of benzene rings is 2. The van der Waals surface area contributed by atoms with Gasteiger partial charge in [0.05, 0.1) is 6.04 Å². The summed E-state index contributed by atoms with van der Waals surface area (Å²) in [5.74, 6) is 1.59. The zero-order valence-electron chi connectivity index (χ0n) is 24.4. The van der Waals surface area contributed by atoms with Gasteiger partial charge in [-0.2, -0.15) is 0 Å². The lowest BCUT2D eigenvalue weighted by molar-refractivity contribution is -0.125. The van der Waals surface area contributed by atoms with Crippen molar-refractivity contribution in [1.29, 1.82) is 0 Å². The fourth-order valence-electron chi connectivity index (χ4n) is 7.41. The molecule has 3 aliphatic rings. The number of nitrogens with one attached hydrogen (secondary N) is 1. The third kappa shape index (κ3) is 6.08. The Labute approximate surface area is 244 Å². The topological polar surface area (TPSA) is 65.5 Å². The summed E-state index contributed by atoms with van der Waals surface area (Å²) >= 11 is 0. The van der Waals surface area contributed by atoms with Crippen LogP contribution in [-0.4, -0.2) is 59.3 Å². The van der Waals surface area contributed by atoms with Crippen LogP contribution < -0.4 is 5.32 Å². The first kappa shape index (κ1) is 27.6. The molecule has 3 heterocycles. The molecular formula is C35H42N4O2. The van der Waals surface area contributed by atoms with Crippen molar-refractivity contribution < 1.29 is 9.59 Å². The van der Waals surface area contributed by atoms with Crippen molar-refractivity contribution in [3.05, 3.63) is 89.2 Å². The zero-order valence-corrected chi connectivity index (χ0v) is 24.4. The molecule has 2 aliphatic heterocycles. The molecule has 1 aromatic heterocycles. The summed E-state index contributed by atoms with van der Waals surface area (Å²) in [5, 5.41) is 3.39. The van der Waals surface area contributed by atoms with E-state index in [2.05, 4.69) is 70.3 Å². The monoisotopic (exact) mass is 550 g/mol. The summed E-state index contributed by atoms with van der Waals surface area (Å²) in [5.41, 5.74) is 6.35. The molecule has 0 radical (unpaired) electrons. The van der Waals surface area contributed by atoms with Gasteiger partial charge in [0.15, 0.2) is 0 Å². The quantitative estimate of drug-likeness (QED) is 0.385. The highest BCUT2D eigenvalue weighted by molar-refractivity contribution is 5.98. The van der Waals surface area contributed by atoms with Gasteiger partial charge in [0.1, 0.15) is 0 Å². The molecule has 3 fully saturated rings. The first-order valence-electron chi connectivity index (χ1n) is 15.3. The first-order chi connectivity index (χ1) is 20.0. The second kappa shape index (κ2) is 12.2. The fourth-order valence-corrected chi connectivity index (χ4v) is 7.41. The Bertz CT molecular complexity index is 1330. The molecule has 2 saturated heterocycles. The van der Waals surface area contributed by atoms with Crippen LogP contribution in [0.5, 0.6) is 0 Å². The van der Waals surface area contributed by atoms with Gasteiger partial charge in [0, 0.05) is 56.6 Å². The number of carbonyl (C=O) groups excluding carboxylic acids is 2. The highest BCUT2D eigenvalue weighted by Crippen LogP contribution is 2.34. The standard InChI is InChI=1S/C35H42N4O2/c1-24-18-29(26-12-15-36-16-13-26)19-25(2)33(24)35(41)39-22-30-20-38(21-31(30)23-39)17-14-32(27-8-4-3-5-9-27)37-34(40)28-10-6-7-11-28/h3-5,8-9,12-13,15-16,18-19,28,30-32H,6-7,10-11,14,17,20-23H2,1-2H3,(H,37,40)/t30-,31?,32?/m0/s1. The lowest BCUT2D eigenvalue weighted by Gasteiger charge is -2.26. The van der Waals surface area contributed by atoms with Gasteiger partial charge in [0.2, 0.25) is 5.91 Å². The summed E-state index contributed by atoms with van der Waals surface area (Å²) in [7, 11) is 0. The normalized spacial score (nSPS) is 21.7. The fraction of sp³-hybridized carbons (Fsp3) is 0.457. The minimum atomic E-state index is 0.0453. The lowest BCUT2D eigenvalue weighted by atomic mass is 9.95. The third-order valence-corrected chi connectivity index (χ3v) is 9.59. The second-order valence-corrected chi connectivity index (χ2v) is 12.5. The van der Waals surface area contributed by atoms with Gasteiger partial charge >= 0.3 is 0 Å². The number of hydrogen-bond acceptors (Lipinski definition) is 4. The maximum absolute atomic E-state index is 13.7. The molecule has 0 bridgehead atoms. The van der Waals surface area contributed by atoms with E-state index in [1.807, 2.05) is 18.2 Å². The van der Waals surface area contributed by atoms with Crippen molar-refractivity contribution in [2.75, 3.05) is 32.7 Å². The SMILES string of the molecule is Cc1cc(-c2ccncc2)cc(C)c1C(=O)N1CC2CN(CCC(NC(=O)C3CCCC3)c3ccccc3)C[C@H]2C1. The molecule has 6 rings (SSSR count). The Hall–Kier alpha value is -3.51. The summed E-state index contributed by atoms with van der Waals surface area (Å²) in [4.78, 5) is 35.4. The summed E-state index contributed by atoms with van der Waals surface area (Å²) in [6.45, 7) is 8.75. The minimum absolute atomic E-state index is 0.0453. The maximum Gasteiger partial charge on any atom is 0.254 e. The molecule has 6 nitrogen and oxygen atoms in total. The molecular weight excluding hydrogens is 508 g/mol. The molecule has 1 aliphatic carbocycles. The smallest absolute Gasteiger partial charge is 0.254 e. The highest BCUT2D eigenvalue weighted by atomic mass is 16.2. The van der Waals surface area contributed by atoms with E-state index >= 15 is 0 Å². The van der Waals surface area contributed by atoms with Crippen molar-refractivity contribution in [1.82, 2.24) is 20.1 Å². The molecule has 3 atom stereocenters. The molecule has 6 heteroatoms. The number of fused-ring (bicyclic) bond motifs is 1. The van der Waals surface area contributed by atoms with Crippen molar-refractivity contribution in [2.45, 2.75) is 52.0 Å². The van der Waals surface area contributed by atoms with E-state index in [9.17, 15) is 9.59 Å². The Morgan fingerprint density at radius 3 is 2.15 bits per heavy atom. The Morgan fingerprint density at radius 2 is 1.51 bits per heavy atom. The number of rotatable bonds is 8. The van der Waals surface area contributed by atoms with Crippen LogP contribution in [0.25, 0.3) is 11.1 Å². The molecule has 41 heavy (non-hydrogen) atoms. The minimum Gasteiger partial charge on any atom is -0.349 e. The van der Waals surface area contributed by atoms with E-state index in [1.54, 1.807) is 12.4 Å². The van der Waals surface area contributed by atoms with E-state index in [0.717, 1.165) is 79.8 Å². The van der Waals surface area contributed by atoms with Gasteiger partial charge < -0.3 is 15.1 Å². The largest absolute Gasteiger partial charge is 0.349 e.